The maximum absolute atomic E-state index is 13.2. The molecule has 0 saturated heterocycles. The molecule has 128 valence electrons. The molecular formula is C18H26ClFN2O. The quantitative estimate of drug-likeness (QED) is 0.883. The first kappa shape index (κ1) is 18.2. The van der Waals surface area contributed by atoms with Crippen molar-refractivity contribution >= 4 is 18.3 Å². The van der Waals surface area contributed by atoms with Crippen LogP contribution in [-0.2, 0) is 10.2 Å². The van der Waals surface area contributed by atoms with Crippen molar-refractivity contribution in [2.24, 2.45) is 11.7 Å². The van der Waals surface area contributed by atoms with Crippen molar-refractivity contribution < 1.29 is 9.18 Å². The molecule has 23 heavy (non-hydrogen) atoms. The molecule has 3 nitrogen and oxygen atoms in total. The standard InChI is InChI=1S/C18H25FN2O.ClH/c19-15-8-6-14(7-9-15)18(10-1-2-11-18)17(22)21-16-5-3-4-13(16)12-20;/h6-9,13,16H,1-5,10-12,20H2,(H,21,22);1H. The van der Waals surface area contributed by atoms with Gasteiger partial charge >= 0.3 is 0 Å². The van der Waals surface area contributed by atoms with Gasteiger partial charge < -0.3 is 11.1 Å². The molecule has 0 heterocycles. The highest BCUT2D eigenvalue weighted by molar-refractivity contribution is 5.88. The zero-order valence-corrected chi connectivity index (χ0v) is 14.2. The second kappa shape index (κ2) is 7.63. The van der Waals surface area contributed by atoms with Crippen LogP contribution in [0.2, 0.25) is 0 Å². The fourth-order valence-corrected chi connectivity index (χ4v) is 4.21. The molecule has 1 aromatic rings. The Hall–Kier alpha value is -1.13. The fourth-order valence-electron chi connectivity index (χ4n) is 4.21. The van der Waals surface area contributed by atoms with Gasteiger partial charge in [-0.15, -0.1) is 12.4 Å². The number of benzene rings is 1. The summed E-state index contributed by atoms with van der Waals surface area (Å²) >= 11 is 0. The number of carbonyl (C=O) groups is 1. The van der Waals surface area contributed by atoms with E-state index < -0.39 is 5.41 Å². The normalized spacial score (nSPS) is 25.8. The number of amides is 1. The molecule has 5 heteroatoms. The molecule has 2 aliphatic carbocycles. The third kappa shape index (κ3) is 3.53. The SMILES string of the molecule is Cl.NCC1CCCC1NC(=O)C1(c2ccc(F)cc2)CCCC1. The Morgan fingerprint density at radius 3 is 2.43 bits per heavy atom. The lowest BCUT2D eigenvalue weighted by Gasteiger charge is -2.31. The maximum Gasteiger partial charge on any atom is 0.230 e. The first-order valence-corrected chi connectivity index (χ1v) is 8.43. The van der Waals surface area contributed by atoms with Gasteiger partial charge in [-0.3, -0.25) is 4.79 Å². The Morgan fingerprint density at radius 2 is 1.83 bits per heavy atom. The molecule has 0 aromatic heterocycles. The van der Waals surface area contributed by atoms with Crippen LogP contribution in [0.3, 0.4) is 0 Å². The third-order valence-corrected chi connectivity index (χ3v) is 5.57. The van der Waals surface area contributed by atoms with E-state index in [-0.39, 0.29) is 30.2 Å². The number of halogens is 2. The van der Waals surface area contributed by atoms with E-state index in [4.69, 9.17) is 5.73 Å². The van der Waals surface area contributed by atoms with E-state index in [0.29, 0.717) is 12.5 Å². The van der Waals surface area contributed by atoms with E-state index in [1.54, 1.807) is 12.1 Å². The average Bonchev–Trinajstić information content (AvgIpc) is 3.17. The van der Waals surface area contributed by atoms with Crippen LogP contribution in [0.15, 0.2) is 24.3 Å². The van der Waals surface area contributed by atoms with Crippen LogP contribution in [0.4, 0.5) is 4.39 Å². The minimum Gasteiger partial charge on any atom is -0.352 e. The highest BCUT2D eigenvalue weighted by atomic mass is 35.5. The maximum atomic E-state index is 13.2. The molecule has 2 saturated carbocycles. The second-order valence-electron chi connectivity index (χ2n) is 6.80. The molecule has 0 radical (unpaired) electrons. The predicted molar refractivity (Wildman–Crippen MR) is 92.1 cm³/mol. The fraction of sp³-hybridized carbons (Fsp3) is 0.611. The summed E-state index contributed by atoms with van der Waals surface area (Å²) in [6.07, 6.45) is 7.06. The van der Waals surface area contributed by atoms with E-state index in [1.165, 1.54) is 12.1 Å². The number of nitrogens with one attached hydrogen (secondary N) is 1. The van der Waals surface area contributed by atoms with E-state index in [9.17, 15) is 9.18 Å². The van der Waals surface area contributed by atoms with Crippen molar-refractivity contribution in [2.75, 3.05) is 6.54 Å². The molecule has 0 aliphatic heterocycles. The van der Waals surface area contributed by atoms with Gasteiger partial charge in [-0.05, 0) is 55.8 Å². The summed E-state index contributed by atoms with van der Waals surface area (Å²) in [5.74, 6) is 0.258. The molecule has 1 aromatic carbocycles. The number of rotatable bonds is 4. The van der Waals surface area contributed by atoms with Crippen molar-refractivity contribution in [3.05, 3.63) is 35.6 Å². The van der Waals surface area contributed by atoms with Gasteiger partial charge in [0.15, 0.2) is 0 Å². The van der Waals surface area contributed by atoms with Crippen LogP contribution in [-0.4, -0.2) is 18.5 Å². The van der Waals surface area contributed by atoms with E-state index in [1.807, 2.05) is 0 Å². The number of hydrogen-bond acceptors (Lipinski definition) is 2. The summed E-state index contributed by atoms with van der Waals surface area (Å²) in [6, 6.07) is 6.67. The second-order valence-corrected chi connectivity index (χ2v) is 6.80. The van der Waals surface area contributed by atoms with E-state index >= 15 is 0 Å². The Kier molecular flexibility index (Phi) is 6.04. The van der Waals surface area contributed by atoms with Gasteiger partial charge in [0.1, 0.15) is 5.82 Å². The Labute approximate surface area is 143 Å². The van der Waals surface area contributed by atoms with Gasteiger partial charge in [-0.1, -0.05) is 31.4 Å². The first-order chi connectivity index (χ1) is 10.7. The van der Waals surface area contributed by atoms with Crippen molar-refractivity contribution in [2.45, 2.75) is 56.4 Å². The van der Waals surface area contributed by atoms with Crippen LogP contribution in [0.25, 0.3) is 0 Å². The lowest BCUT2D eigenvalue weighted by molar-refractivity contribution is -0.127. The smallest absolute Gasteiger partial charge is 0.230 e. The molecule has 2 unspecified atom stereocenters. The van der Waals surface area contributed by atoms with Crippen molar-refractivity contribution in [3.8, 4) is 0 Å². The van der Waals surface area contributed by atoms with Crippen molar-refractivity contribution in [1.29, 1.82) is 0 Å². The van der Waals surface area contributed by atoms with Gasteiger partial charge in [0.05, 0.1) is 5.41 Å². The predicted octanol–water partition coefficient (Wildman–Crippen LogP) is 3.30. The van der Waals surface area contributed by atoms with Gasteiger partial charge in [0.2, 0.25) is 5.91 Å². The van der Waals surface area contributed by atoms with Gasteiger partial charge in [0.25, 0.3) is 0 Å². The molecule has 2 fully saturated rings. The molecule has 2 aliphatic rings. The monoisotopic (exact) mass is 340 g/mol. The van der Waals surface area contributed by atoms with Crippen LogP contribution >= 0.6 is 12.4 Å². The van der Waals surface area contributed by atoms with Crippen LogP contribution in [0, 0.1) is 11.7 Å². The zero-order valence-electron chi connectivity index (χ0n) is 13.4. The van der Waals surface area contributed by atoms with Crippen LogP contribution in [0.1, 0.15) is 50.5 Å². The minimum atomic E-state index is -0.477. The highest BCUT2D eigenvalue weighted by Gasteiger charge is 2.44. The summed E-state index contributed by atoms with van der Waals surface area (Å²) in [5, 5.41) is 3.26. The van der Waals surface area contributed by atoms with Gasteiger partial charge in [-0.2, -0.15) is 0 Å². The van der Waals surface area contributed by atoms with Crippen molar-refractivity contribution in [3.63, 3.8) is 0 Å². The zero-order chi connectivity index (χ0) is 15.6. The minimum absolute atomic E-state index is 0. The topological polar surface area (TPSA) is 55.1 Å². The summed E-state index contributed by atoms with van der Waals surface area (Å²) in [4.78, 5) is 13.0. The molecular weight excluding hydrogens is 315 g/mol. The van der Waals surface area contributed by atoms with Crippen LogP contribution < -0.4 is 11.1 Å². The Bertz CT molecular complexity index is 528. The number of carbonyl (C=O) groups excluding carboxylic acids is 1. The van der Waals surface area contributed by atoms with Crippen molar-refractivity contribution in [1.82, 2.24) is 5.32 Å². The summed E-state index contributed by atoms with van der Waals surface area (Å²) in [7, 11) is 0. The van der Waals surface area contributed by atoms with Crippen LogP contribution in [0.5, 0.6) is 0 Å². The molecule has 0 bridgehead atoms. The first-order valence-electron chi connectivity index (χ1n) is 8.43. The number of nitrogens with two attached hydrogens (primary N) is 1. The van der Waals surface area contributed by atoms with E-state index in [2.05, 4.69) is 5.32 Å². The molecule has 3 N–H and O–H groups in total. The Morgan fingerprint density at radius 1 is 1.17 bits per heavy atom. The summed E-state index contributed by atoms with van der Waals surface area (Å²) in [6.45, 7) is 0.633. The highest BCUT2D eigenvalue weighted by Crippen LogP contribution is 2.42. The lowest BCUT2D eigenvalue weighted by atomic mass is 9.77. The van der Waals surface area contributed by atoms with Gasteiger partial charge in [0, 0.05) is 6.04 Å². The number of hydrogen-bond donors (Lipinski definition) is 2. The lowest BCUT2D eigenvalue weighted by Crippen LogP contribution is -2.49. The van der Waals surface area contributed by atoms with Gasteiger partial charge in [-0.25, -0.2) is 4.39 Å². The summed E-state index contributed by atoms with van der Waals surface area (Å²) < 4.78 is 13.2. The average molecular weight is 341 g/mol. The molecule has 3 rings (SSSR count). The Balaban J connectivity index is 0.00000192. The molecule has 1 amide bonds. The van der Waals surface area contributed by atoms with E-state index in [0.717, 1.165) is 50.5 Å². The largest absolute Gasteiger partial charge is 0.352 e. The summed E-state index contributed by atoms with van der Waals surface area (Å²) in [5.41, 5.74) is 6.29. The molecule has 2 atom stereocenters. The third-order valence-electron chi connectivity index (χ3n) is 5.57. The molecule has 0 spiro atoms.